The van der Waals surface area contributed by atoms with Gasteiger partial charge in [0.1, 0.15) is 0 Å². The highest BCUT2D eigenvalue weighted by Gasteiger charge is 2.22. The zero-order valence-corrected chi connectivity index (χ0v) is 7.34. The van der Waals surface area contributed by atoms with Gasteiger partial charge in [-0.15, -0.1) is 6.58 Å². The molecule has 0 bridgehead atoms. The van der Waals surface area contributed by atoms with E-state index >= 15 is 0 Å². The Bertz CT molecular complexity index is 119. The van der Waals surface area contributed by atoms with Gasteiger partial charge in [-0.2, -0.15) is 0 Å². The number of nitrogens with one attached hydrogen (secondary N) is 1. The van der Waals surface area contributed by atoms with Crippen LogP contribution in [0.1, 0.15) is 13.3 Å². The average Bonchev–Trinajstić information content (AvgIpc) is 1.85. The van der Waals surface area contributed by atoms with E-state index in [1.165, 1.54) is 13.0 Å². The summed E-state index contributed by atoms with van der Waals surface area (Å²) in [5.74, 6) is 0. The molecule has 0 saturated carbocycles. The molecule has 0 aromatic rings. The quantitative estimate of drug-likeness (QED) is 0.591. The Morgan fingerprint density at radius 3 is 2.73 bits per heavy atom. The maximum Gasteiger partial charge on any atom is 0.0348 e. The van der Waals surface area contributed by atoms with Crippen LogP contribution in [0.2, 0.25) is 0 Å². The summed E-state index contributed by atoms with van der Waals surface area (Å²) in [7, 11) is 0. The summed E-state index contributed by atoms with van der Waals surface area (Å²) < 4.78 is 0. The Morgan fingerprint density at radius 2 is 2.36 bits per heavy atom. The average molecular weight is 154 g/mol. The van der Waals surface area contributed by atoms with Crippen LogP contribution < -0.4 is 5.32 Å². The summed E-state index contributed by atoms with van der Waals surface area (Å²) in [6, 6.07) is 0.771. The SMILES string of the molecule is C=CCN(CCC)C1CNC1. The molecule has 0 radical (unpaired) electrons. The van der Waals surface area contributed by atoms with Crippen molar-refractivity contribution in [2.45, 2.75) is 19.4 Å². The normalized spacial score (nSPS) is 18.4. The third-order valence-corrected chi connectivity index (χ3v) is 2.15. The van der Waals surface area contributed by atoms with Crippen LogP contribution in [-0.4, -0.2) is 37.1 Å². The molecule has 2 nitrogen and oxygen atoms in total. The van der Waals surface area contributed by atoms with E-state index in [-0.39, 0.29) is 0 Å². The smallest absolute Gasteiger partial charge is 0.0348 e. The second-order valence-corrected chi connectivity index (χ2v) is 3.10. The van der Waals surface area contributed by atoms with Crippen LogP contribution in [-0.2, 0) is 0 Å². The van der Waals surface area contributed by atoms with Crippen molar-refractivity contribution in [2.24, 2.45) is 0 Å². The lowest BCUT2D eigenvalue weighted by Crippen LogP contribution is -2.57. The molecule has 0 unspecified atom stereocenters. The Hall–Kier alpha value is -0.340. The molecular weight excluding hydrogens is 136 g/mol. The predicted octanol–water partition coefficient (Wildman–Crippen LogP) is 0.856. The maximum atomic E-state index is 3.76. The second-order valence-electron chi connectivity index (χ2n) is 3.10. The van der Waals surface area contributed by atoms with E-state index in [9.17, 15) is 0 Å². The third kappa shape index (κ3) is 2.31. The first-order valence-corrected chi connectivity index (χ1v) is 4.44. The first-order valence-electron chi connectivity index (χ1n) is 4.44. The molecule has 0 aromatic heterocycles. The Balaban J connectivity index is 2.24. The minimum Gasteiger partial charge on any atom is -0.314 e. The van der Waals surface area contributed by atoms with E-state index in [2.05, 4.69) is 23.7 Å². The lowest BCUT2D eigenvalue weighted by molar-refractivity contribution is 0.161. The highest BCUT2D eigenvalue weighted by molar-refractivity contribution is 4.87. The molecule has 1 rings (SSSR count). The lowest BCUT2D eigenvalue weighted by atomic mass is 10.1. The van der Waals surface area contributed by atoms with Gasteiger partial charge in [0.05, 0.1) is 0 Å². The number of hydrogen-bond donors (Lipinski definition) is 1. The molecule has 1 fully saturated rings. The second kappa shape index (κ2) is 4.52. The first-order chi connectivity index (χ1) is 5.38. The number of rotatable bonds is 5. The van der Waals surface area contributed by atoms with E-state index in [1.807, 2.05) is 6.08 Å². The summed E-state index contributed by atoms with van der Waals surface area (Å²) >= 11 is 0. The molecule has 64 valence electrons. The van der Waals surface area contributed by atoms with Gasteiger partial charge >= 0.3 is 0 Å². The molecule has 0 aliphatic carbocycles. The zero-order chi connectivity index (χ0) is 8.10. The highest BCUT2D eigenvalue weighted by atomic mass is 15.2. The molecule has 2 heteroatoms. The standard InChI is InChI=1S/C9H18N2/c1-3-5-11(6-4-2)9-7-10-8-9/h3,9-10H,1,4-8H2,2H3. The van der Waals surface area contributed by atoms with Crippen molar-refractivity contribution in [1.29, 1.82) is 0 Å². The fourth-order valence-electron chi connectivity index (χ4n) is 1.41. The van der Waals surface area contributed by atoms with Gasteiger partial charge in [-0.1, -0.05) is 13.0 Å². The Morgan fingerprint density at radius 1 is 1.64 bits per heavy atom. The molecule has 0 atom stereocenters. The Labute approximate surface area is 69.3 Å². The molecule has 1 heterocycles. The van der Waals surface area contributed by atoms with Gasteiger partial charge in [0.15, 0.2) is 0 Å². The van der Waals surface area contributed by atoms with Crippen molar-refractivity contribution >= 4 is 0 Å². The fraction of sp³-hybridized carbons (Fsp3) is 0.778. The van der Waals surface area contributed by atoms with Crippen molar-refractivity contribution in [3.05, 3.63) is 12.7 Å². The van der Waals surface area contributed by atoms with Crippen LogP contribution in [0.15, 0.2) is 12.7 Å². The van der Waals surface area contributed by atoms with E-state index in [4.69, 9.17) is 0 Å². The van der Waals surface area contributed by atoms with Crippen LogP contribution in [0.3, 0.4) is 0 Å². The van der Waals surface area contributed by atoms with Gasteiger partial charge < -0.3 is 5.32 Å². The Kier molecular flexibility index (Phi) is 3.60. The van der Waals surface area contributed by atoms with E-state index in [0.717, 1.165) is 25.7 Å². The van der Waals surface area contributed by atoms with Crippen molar-refractivity contribution < 1.29 is 0 Å². The topological polar surface area (TPSA) is 15.3 Å². The molecule has 0 aromatic carbocycles. The van der Waals surface area contributed by atoms with Gasteiger partial charge in [0.25, 0.3) is 0 Å². The summed E-state index contributed by atoms with van der Waals surface area (Å²) in [6.45, 7) is 10.6. The molecular formula is C9H18N2. The summed E-state index contributed by atoms with van der Waals surface area (Å²) in [6.07, 6.45) is 3.23. The van der Waals surface area contributed by atoms with Gasteiger partial charge in [0, 0.05) is 25.7 Å². The van der Waals surface area contributed by atoms with E-state index in [1.54, 1.807) is 0 Å². The molecule has 11 heavy (non-hydrogen) atoms. The van der Waals surface area contributed by atoms with Gasteiger partial charge in [-0.05, 0) is 13.0 Å². The van der Waals surface area contributed by atoms with Crippen LogP contribution in [0.5, 0.6) is 0 Å². The maximum absolute atomic E-state index is 3.76. The summed E-state index contributed by atoms with van der Waals surface area (Å²) in [4.78, 5) is 2.49. The lowest BCUT2D eigenvalue weighted by Gasteiger charge is -2.37. The minimum absolute atomic E-state index is 0.771. The minimum atomic E-state index is 0.771. The van der Waals surface area contributed by atoms with Crippen LogP contribution in [0.25, 0.3) is 0 Å². The van der Waals surface area contributed by atoms with Crippen LogP contribution in [0.4, 0.5) is 0 Å². The summed E-state index contributed by atoms with van der Waals surface area (Å²) in [5, 5.41) is 3.28. The highest BCUT2D eigenvalue weighted by Crippen LogP contribution is 2.05. The number of hydrogen-bond acceptors (Lipinski definition) is 2. The molecule has 1 saturated heterocycles. The third-order valence-electron chi connectivity index (χ3n) is 2.15. The molecule has 0 amide bonds. The zero-order valence-electron chi connectivity index (χ0n) is 7.34. The molecule has 0 spiro atoms. The van der Waals surface area contributed by atoms with Crippen molar-refractivity contribution in [1.82, 2.24) is 10.2 Å². The van der Waals surface area contributed by atoms with Gasteiger partial charge in [-0.3, -0.25) is 4.90 Å². The fourth-order valence-corrected chi connectivity index (χ4v) is 1.41. The van der Waals surface area contributed by atoms with Crippen molar-refractivity contribution in [2.75, 3.05) is 26.2 Å². The van der Waals surface area contributed by atoms with E-state index in [0.29, 0.717) is 0 Å². The van der Waals surface area contributed by atoms with Crippen molar-refractivity contribution in [3.63, 3.8) is 0 Å². The molecule has 1 aliphatic heterocycles. The first kappa shape index (κ1) is 8.75. The van der Waals surface area contributed by atoms with Crippen LogP contribution in [0, 0.1) is 0 Å². The number of nitrogens with zero attached hydrogens (tertiary/aromatic N) is 1. The summed E-state index contributed by atoms with van der Waals surface area (Å²) in [5.41, 5.74) is 0. The van der Waals surface area contributed by atoms with Gasteiger partial charge in [0.2, 0.25) is 0 Å². The van der Waals surface area contributed by atoms with Crippen molar-refractivity contribution in [3.8, 4) is 0 Å². The van der Waals surface area contributed by atoms with E-state index < -0.39 is 0 Å². The van der Waals surface area contributed by atoms with Gasteiger partial charge in [-0.25, -0.2) is 0 Å². The molecule has 1 aliphatic rings. The van der Waals surface area contributed by atoms with Crippen LogP contribution >= 0.6 is 0 Å². The predicted molar refractivity (Wildman–Crippen MR) is 48.7 cm³/mol. The monoisotopic (exact) mass is 154 g/mol. The largest absolute Gasteiger partial charge is 0.314 e. The molecule has 1 N–H and O–H groups in total.